The van der Waals surface area contributed by atoms with Crippen LogP contribution in [0.1, 0.15) is 27.7 Å². The predicted molar refractivity (Wildman–Crippen MR) is 70.9 cm³/mol. The van der Waals surface area contributed by atoms with Gasteiger partial charge in [-0.25, -0.2) is 13.4 Å². The minimum Gasteiger partial charge on any atom is -0.398 e. The van der Waals surface area contributed by atoms with Crippen molar-refractivity contribution in [2.24, 2.45) is 0 Å². The van der Waals surface area contributed by atoms with Crippen LogP contribution in [-0.2, 0) is 19.1 Å². The lowest BCUT2D eigenvalue weighted by Gasteiger charge is -2.32. The summed E-state index contributed by atoms with van der Waals surface area (Å²) in [5.74, 6) is 0. The summed E-state index contributed by atoms with van der Waals surface area (Å²) in [5.41, 5.74) is -0.391. The Labute approximate surface area is 112 Å². The van der Waals surface area contributed by atoms with Crippen LogP contribution >= 0.6 is 11.3 Å². The zero-order valence-corrected chi connectivity index (χ0v) is 12.7. The third kappa shape index (κ3) is 2.34. The second-order valence-corrected chi connectivity index (χ2v) is 8.45. The monoisotopic (exact) mass is 289 g/mol. The second kappa shape index (κ2) is 4.03. The minimum atomic E-state index is -3.27. The molecule has 8 heteroatoms. The summed E-state index contributed by atoms with van der Waals surface area (Å²) in [6.07, 6.45) is 1.14. The molecule has 1 fully saturated rings. The van der Waals surface area contributed by atoms with E-state index in [4.69, 9.17) is 9.31 Å². The highest BCUT2D eigenvalue weighted by Gasteiger charge is 2.52. The predicted octanol–water partition coefficient (Wildman–Crippen LogP) is 0.846. The van der Waals surface area contributed by atoms with Gasteiger partial charge >= 0.3 is 7.12 Å². The number of hydrogen-bond acceptors (Lipinski definition) is 6. The fraction of sp³-hybridized carbons (Fsp3) is 0.700. The van der Waals surface area contributed by atoms with Gasteiger partial charge in [-0.3, -0.25) is 0 Å². The maximum atomic E-state index is 11.4. The fourth-order valence-electron chi connectivity index (χ4n) is 1.51. The van der Waals surface area contributed by atoms with Gasteiger partial charge in [0.15, 0.2) is 0 Å². The van der Waals surface area contributed by atoms with Crippen LogP contribution in [-0.4, -0.2) is 38.0 Å². The molecule has 1 aromatic rings. The summed E-state index contributed by atoms with van der Waals surface area (Å²) in [4.78, 5) is 4.08. The first-order chi connectivity index (χ1) is 8.03. The van der Waals surface area contributed by atoms with Gasteiger partial charge in [0.05, 0.1) is 16.8 Å². The summed E-state index contributed by atoms with van der Waals surface area (Å²) in [6, 6.07) is 0. The number of nitrogens with zero attached hydrogens (tertiary/aromatic N) is 1. The summed E-state index contributed by atoms with van der Waals surface area (Å²) < 4.78 is 34.5. The molecule has 100 valence electrons. The molecule has 5 nitrogen and oxygen atoms in total. The Morgan fingerprint density at radius 3 is 2.11 bits per heavy atom. The molecule has 1 aliphatic heterocycles. The van der Waals surface area contributed by atoms with Crippen molar-refractivity contribution >= 4 is 33.9 Å². The molecule has 0 bridgehead atoms. The van der Waals surface area contributed by atoms with Gasteiger partial charge in [0.2, 0.25) is 14.2 Å². The van der Waals surface area contributed by atoms with E-state index < -0.39 is 28.2 Å². The van der Waals surface area contributed by atoms with Crippen molar-refractivity contribution in [1.82, 2.24) is 4.98 Å². The molecule has 0 unspecified atom stereocenters. The minimum absolute atomic E-state index is 0.0900. The van der Waals surface area contributed by atoms with Gasteiger partial charge in [-0.2, -0.15) is 0 Å². The molecule has 0 aliphatic carbocycles. The highest BCUT2D eigenvalue weighted by Crippen LogP contribution is 2.36. The molecule has 18 heavy (non-hydrogen) atoms. The molecule has 0 radical (unpaired) electrons. The molecule has 0 aromatic carbocycles. The van der Waals surface area contributed by atoms with E-state index in [-0.39, 0.29) is 4.34 Å². The molecular formula is C10H16BNO4S2. The average Bonchev–Trinajstić information content (AvgIpc) is 2.69. The molecule has 0 saturated carbocycles. The van der Waals surface area contributed by atoms with Gasteiger partial charge in [0.25, 0.3) is 0 Å². The summed E-state index contributed by atoms with van der Waals surface area (Å²) in [6.45, 7) is 7.77. The molecule has 0 atom stereocenters. The van der Waals surface area contributed by atoms with Crippen LogP contribution < -0.4 is 5.59 Å². The number of rotatable bonds is 2. The van der Waals surface area contributed by atoms with Crippen molar-refractivity contribution in [1.29, 1.82) is 0 Å². The zero-order valence-electron chi connectivity index (χ0n) is 11.1. The van der Waals surface area contributed by atoms with E-state index in [1.165, 1.54) is 0 Å². The molecule has 2 rings (SSSR count). The molecule has 1 saturated heterocycles. The van der Waals surface area contributed by atoms with Gasteiger partial charge in [0.1, 0.15) is 0 Å². The van der Waals surface area contributed by atoms with E-state index >= 15 is 0 Å². The van der Waals surface area contributed by atoms with Gasteiger partial charge < -0.3 is 9.31 Å². The van der Waals surface area contributed by atoms with Crippen molar-refractivity contribution in [2.45, 2.75) is 43.2 Å². The number of sulfone groups is 1. The first-order valence-electron chi connectivity index (χ1n) is 5.54. The van der Waals surface area contributed by atoms with Gasteiger partial charge in [-0.1, -0.05) is 0 Å². The molecular weight excluding hydrogens is 273 g/mol. The summed E-state index contributed by atoms with van der Waals surface area (Å²) in [5, 5.41) is 1.67. The Kier molecular flexibility index (Phi) is 3.13. The molecule has 0 N–H and O–H groups in total. The molecule has 0 spiro atoms. The first-order valence-corrected chi connectivity index (χ1v) is 8.31. The van der Waals surface area contributed by atoms with E-state index in [1.54, 1.807) is 5.38 Å². The Balaban J connectivity index is 2.28. The van der Waals surface area contributed by atoms with Gasteiger partial charge in [0, 0.05) is 11.6 Å². The maximum absolute atomic E-state index is 11.4. The summed E-state index contributed by atoms with van der Waals surface area (Å²) >= 11 is 1.08. The van der Waals surface area contributed by atoms with Crippen LogP contribution in [0, 0.1) is 0 Å². The number of aromatic nitrogens is 1. The zero-order chi connectivity index (χ0) is 13.8. The van der Waals surface area contributed by atoms with Crippen molar-refractivity contribution < 1.29 is 17.7 Å². The third-order valence-corrected chi connectivity index (χ3v) is 5.89. The number of thiazole rings is 1. The van der Waals surface area contributed by atoms with E-state index in [1.807, 2.05) is 27.7 Å². The number of hydrogen-bond donors (Lipinski definition) is 0. The maximum Gasteiger partial charge on any atom is 0.515 e. The van der Waals surface area contributed by atoms with Crippen molar-refractivity contribution in [3.05, 3.63) is 5.38 Å². The van der Waals surface area contributed by atoms with Crippen LogP contribution in [0.25, 0.3) is 0 Å². The molecule has 1 aliphatic rings. The highest BCUT2D eigenvalue weighted by molar-refractivity contribution is 7.92. The van der Waals surface area contributed by atoms with Crippen LogP contribution in [0.2, 0.25) is 0 Å². The van der Waals surface area contributed by atoms with Crippen molar-refractivity contribution in [3.63, 3.8) is 0 Å². The summed E-state index contributed by atoms with van der Waals surface area (Å²) in [7, 11) is -3.88. The lowest BCUT2D eigenvalue weighted by atomic mass is 9.86. The highest BCUT2D eigenvalue weighted by atomic mass is 32.2. The molecule has 2 heterocycles. The topological polar surface area (TPSA) is 65.5 Å². The van der Waals surface area contributed by atoms with E-state index in [0.29, 0.717) is 5.59 Å². The van der Waals surface area contributed by atoms with Crippen LogP contribution in [0.3, 0.4) is 0 Å². The SMILES string of the molecule is CC1(C)OB(c2csc(S(C)(=O)=O)n2)OC1(C)C. The van der Waals surface area contributed by atoms with Crippen LogP contribution in [0.5, 0.6) is 0 Å². The average molecular weight is 289 g/mol. The quantitative estimate of drug-likeness (QED) is 0.755. The lowest BCUT2D eigenvalue weighted by molar-refractivity contribution is 0.00578. The van der Waals surface area contributed by atoms with Gasteiger partial charge in [-0.15, -0.1) is 11.3 Å². The third-order valence-electron chi connectivity index (χ3n) is 3.31. The fourth-order valence-corrected chi connectivity index (χ4v) is 3.17. The Morgan fingerprint density at radius 2 is 1.72 bits per heavy atom. The normalized spacial score (nSPS) is 22.4. The van der Waals surface area contributed by atoms with Crippen molar-refractivity contribution in [2.75, 3.05) is 6.26 Å². The molecule has 0 amide bonds. The van der Waals surface area contributed by atoms with Crippen molar-refractivity contribution in [3.8, 4) is 0 Å². The Hall–Kier alpha value is -0.435. The second-order valence-electron chi connectivity index (χ2n) is 5.40. The van der Waals surface area contributed by atoms with Crippen LogP contribution in [0.15, 0.2) is 9.72 Å². The van der Waals surface area contributed by atoms with E-state index in [9.17, 15) is 8.42 Å². The Bertz CT molecular complexity index is 548. The van der Waals surface area contributed by atoms with Gasteiger partial charge in [-0.05, 0) is 27.7 Å². The Morgan fingerprint density at radius 1 is 1.22 bits per heavy atom. The lowest BCUT2D eigenvalue weighted by Crippen LogP contribution is -2.41. The smallest absolute Gasteiger partial charge is 0.398 e. The van der Waals surface area contributed by atoms with E-state index in [0.717, 1.165) is 17.6 Å². The van der Waals surface area contributed by atoms with E-state index in [2.05, 4.69) is 4.98 Å². The molecule has 1 aromatic heterocycles. The first kappa shape index (κ1) is 14.0. The van der Waals surface area contributed by atoms with Crippen LogP contribution in [0.4, 0.5) is 0 Å². The standard InChI is InChI=1S/C10H16BNO4S2/c1-9(2)10(3,4)16-11(15-9)7-6-17-8(12-7)18(5,13)14/h6H,1-5H3. The largest absolute Gasteiger partial charge is 0.515 e.